The predicted molar refractivity (Wildman–Crippen MR) is 97.6 cm³/mol. The van der Waals surface area contributed by atoms with Gasteiger partial charge in [0, 0.05) is 13.0 Å². The van der Waals surface area contributed by atoms with Crippen molar-refractivity contribution < 1.29 is 14.7 Å². The second kappa shape index (κ2) is 7.03. The number of rotatable bonds is 4. The van der Waals surface area contributed by atoms with Gasteiger partial charge in [-0.15, -0.1) is 5.10 Å². The van der Waals surface area contributed by atoms with Crippen LogP contribution in [0, 0.1) is 0 Å². The van der Waals surface area contributed by atoms with Crippen LogP contribution in [0.15, 0.2) is 54.6 Å². The number of hydrogen-bond donors (Lipinski definition) is 1. The highest BCUT2D eigenvalue weighted by Crippen LogP contribution is 2.20. The highest BCUT2D eigenvalue weighted by Gasteiger charge is 2.25. The van der Waals surface area contributed by atoms with Crippen LogP contribution in [-0.2, 0) is 24.2 Å². The second-order valence-electron chi connectivity index (χ2n) is 6.47. The van der Waals surface area contributed by atoms with Crippen LogP contribution in [-0.4, -0.2) is 43.4 Å². The van der Waals surface area contributed by atoms with Gasteiger partial charge in [-0.1, -0.05) is 35.5 Å². The van der Waals surface area contributed by atoms with Gasteiger partial charge in [0.25, 0.3) is 0 Å². The SMILES string of the molecule is O=C(O)c1ccc(CC(=O)N2CCc3c(nnn3-c3ccccc3)C2)cc1. The molecule has 0 radical (unpaired) electrons. The van der Waals surface area contributed by atoms with Gasteiger partial charge in [-0.2, -0.15) is 0 Å². The van der Waals surface area contributed by atoms with E-state index in [-0.39, 0.29) is 17.9 Å². The monoisotopic (exact) mass is 362 g/mol. The van der Waals surface area contributed by atoms with Gasteiger partial charge in [-0.3, -0.25) is 4.79 Å². The van der Waals surface area contributed by atoms with Crippen LogP contribution in [0.1, 0.15) is 27.3 Å². The van der Waals surface area contributed by atoms with Crippen molar-refractivity contribution in [3.05, 3.63) is 77.1 Å². The molecule has 0 saturated carbocycles. The lowest BCUT2D eigenvalue weighted by Crippen LogP contribution is -2.37. The number of carbonyl (C=O) groups is 2. The highest BCUT2D eigenvalue weighted by molar-refractivity contribution is 5.87. The molecule has 3 aromatic rings. The van der Waals surface area contributed by atoms with Gasteiger partial charge in [-0.25, -0.2) is 9.48 Å². The third-order valence-corrected chi connectivity index (χ3v) is 4.71. The Morgan fingerprint density at radius 1 is 1.04 bits per heavy atom. The lowest BCUT2D eigenvalue weighted by atomic mass is 10.1. The summed E-state index contributed by atoms with van der Waals surface area (Å²) in [6.45, 7) is 1.05. The first-order valence-electron chi connectivity index (χ1n) is 8.71. The Morgan fingerprint density at radius 3 is 2.48 bits per heavy atom. The van der Waals surface area contributed by atoms with E-state index in [0.717, 1.165) is 22.6 Å². The highest BCUT2D eigenvalue weighted by atomic mass is 16.4. The minimum atomic E-state index is -0.974. The maximum Gasteiger partial charge on any atom is 0.335 e. The summed E-state index contributed by atoms with van der Waals surface area (Å²) in [5.41, 5.74) is 3.83. The van der Waals surface area contributed by atoms with Crippen molar-refractivity contribution in [2.45, 2.75) is 19.4 Å². The number of carboxylic acids is 1. The number of para-hydroxylation sites is 1. The van der Waals surface area contributed by atoms with E-state index in [9.17, 15) is 9.59 Å². The molecule has 0 bridgehead atoms. The van der Waals surface area contributed by atoms with E-state index < -0.39 is 5.97 Å². The second-order valence-corrected chi connectivity index (χ2v) is 6.47. The summed E-state index contributed by atoms with van der Waals surface area (Å²) in [5, 5.41) is 17.5. The fourth-order valence-electron chi connectivity index (χ4n) is 3.25. The van der Waals surface area contributed by atoms with Gasteiger partial charge in [0.05, 0.1) is 29.9 Å². The first kappa shape index (κ1) is 17.0. The van der Waals surface area contributed by atoms with Crippen molar-refractivity contribution in [2.75, 3.05) is 6.54 Å². The molecule has 1 amide bonds. The van der Waals surface area contributed by atoms with Crippen LogP contribution in [0.25, 0.3) is 5.69 Å². The first-order chi connectivity index (χ1) is 13.1. The summed E-state index contributed by atoms with van der Waals surface area (Å²) in [6.07, 6.45) is 0.934. The first-order valence-corrected chi connectivity index (χ1v) is 8.71. The summed E-state index contributed by atoms with van der Waals surface area (Å²) in [7, 11) is 0. The fraction of sp³-hybridized carbons (Fsp3) is 0.200. The van der Waals surface area contributed by atoms with Gasteiger partial charge in [0.15, 0.2) is 0 Å². The van der Waals surface area contributed by atoms with E-state index in [0.29, 0.717) is 19.5 Å². The predicted octanol–water partition coefficient (Wildman–Crippen LogP) is 2.09. The molecule has 0 spiro atoms. The molecule has 7 heteroatoms. The average Bonchev–Trinajstić information content (AvgIpc) is 3.12. The Bertz CT molecular complexity index is 980. The third-order valence-electron chi connectivity index (χ3n) is 4.71. The Labute approximate surface area is 155 Å². The number of fused-ring (bicyclic) bond motifs is 1. The number of aromatic nitrogens is 3. The molecule has 2 aromatic carbocycles. The normalized spacial score (nSPS) is 13.3. The number of aromatic carboxylic acids is 1. The van der Waals surface area contributed by atoms with Crippen molar-refractivity contribution >= 4 is 11.9 Å². The summed E-state index contributed by atoms with van der Waals surface area (Å²) >= 11 is 0. The molecule has 7 nitrogen and oxygen atoms in total. The van der Waals surface area contributed by atoms with Crippen molar-refractivity contribution in [1.82, 2.24) is 19.9 Å². The fourth-order valence-corrected chi connectivity index (χ4v) is 3.25. The van der Waals surface area contributed by atoms with Crippen molar-refractivity contribution in [1.29, 1.82) is 0 Å². The summed E-state index contributed by atoms with van der Waals surface area (Å²) < 4.78 is 1.84. The average molecular weight is 362 g/mol. The van der Waals surface area contributed by atoms with E-state index in [1.54, 1.807) is 17.0 Å². The standard InChI is InChI=1S/C20H18N4O3/c25-19(12-14-6-8-15(9-7-14)20(26)27)23-11-10-18-17(13-23)21-22-24(18)16-4-2-1-3-5-16/h1-9H,10-13H2,(H,26,27). The van der Waals surface area contributed by atoms with Crippen molar-refractivity contribution in [2.24, 2.45) is 0 Å². The number of amides is 1. The van der Waals surface area contributed by atoms with Crippen molar-refractivity contribution in [3.63, 3.8) is 0 Å². The molecule has 0 atom stereocenters. The summed E-state index contributed by atoms with van der Waals surface area (Å²) in [5.74, 6) is -0.976. The molecule has 27 heavy (non-hydrogen) atoms. The van der Waals surface area contributed by atoms with Gasteiger partial charge >= 0.3 is 5.97 Å². The smallest absolute Gasteiger partial charge is 0.335 e. The molecular weight excluding hydrogens is 344 g/mol. The molecule has 0 unspecified atom stereocenters. The topological polar surface area (TPSA) is 88.3 Å². The lowest BCUT2D eigenvalue weighted by Gasteiger charge is -2.26. The Kier molecular flexibility index (Phi) is 4.42. The molecule has 0 saturated heterocycles. The number of carbonyl (C=O) groups excluding carboxylic acids is 1. The molecule has 1 aromatic heterocycles. The molecule has 2 heterocycles. The minimum Gasteiger partial charge on any atom is -0.478 e. The Hall–Kier alpha value is -3.48. The number of benzene rings is 2. The maximum atomic E-state index is 12.6. The molecule has 4 rings (SSSR count). The number of carboxylic acid groups (broad SMARTS) is 1. The molecule has 1 N–H and O–H groups in total. The minimum absolute atomic E-state index is 0.00186. The zero-order valence-electron chi connectivity index (χ0n) is 14.6. The van der Waals surface area contributed by atoms with Crippen LogP contribution in [0.5, 0.6) is 0 Å². The van der Waals surface area contributed by atoms with Crippen LogP contribution in [0.2, 0.25) is 0 Å². The quantitative estimate of drug-likeness (QED) is 0.768. The van der Waals surface area contributed by atoms with Gasteiger partial charge < -0.3 is 10.0 Å². The van der Waals surface area contributed by atoms with Crippen LogP contribution in [0.4, 0.5) is 0 Å². The van der Waals surface area contributed by atoms with Crippen LogP contribution >= 0.6 is 0 Å². The zero-order chi connectivity index (χ0) is 18.8. The van der Waals surface area contributed by atoms with E-state index >= 15 is 0 Å². The molecule has 1 aliphatic heterocycles. The molecule has 136 valence electrons. The van der Waals surface area contributed by atoms with E-state index in [4.69, 9.17) is 5.11 Å². The summed E-state index contributed by atoms with van der Waals surface area (Å²) in [4.78, 5) is 25.3. The lowest BCUT2D eigenvalue weighted by molar-refractivity contribution is -0.131. The van der Waals surface area contributed by atoms with Crippen molar-refractivity contribution in [3.8, 4) is 5.69 Å². The molecule has 1 aliphatic rings. The number of nitrogens with zero attached hydrogens (tertiary/aromatic N) is 4. The van der Waals surface area contributed by atoms with Crippen LogP contribution in [0.3, 0.4) is 0 Å². The maximum absolute atomic E-state index is 12.6. The number of hydrogen-bond acceptors (Lipinski definition) is 4. The van der Waals surface area contributed by atoms with Gasteiger partial charge in [-0.05, 0) is 29.8 Å². The third kappa shape index (κ3) is 3.44. The molecule has 0 fully saturated rings. The largest absolute Gasteiger partial charge is 0.478 e. The Balaban J connectivity index is 1.46. The zero-order valence-corrected chi connectivity index (χ0v) is 14.6. The van der Waals surface area contributed by atoms with E-state index in [2.05, 4.69) is 10.3 Å². The molecular formula is C20H18N4O3. The van der Waals surface area contributed by atoms with E-state index in [1.807, 2.05) is 35.0 Å². The van der Waals surface area contributed by atoms with Gasteiger partial charge in [0.1, 0.15) is 5.69 Å². The summed E-state index contributed by atoms with van der Waals surface area (Å²) in [6, 6.07) is 16.2. The molecule has 0 aliphatic carbocycles. The Morgan fingerprint density at radius 2 is 1.78 bits per heavy atom. The van der Waals surface area contributed by atoms with Crippen LogP contribution < -0.4 is 0 Å². The van der Waals surface area contributed by atoms with E-state index in [1.165, 1.54) is 12.1 Å². The van der Waals surface area contributed by atoms with Gasteiger partial charge in [0.2, 0.25) is 5.91 Å².